The van der Waals surface area contributed by atoms with Crippen molar-refractivity contribution in [3.63, 3.8) is 0 Å². The van der Waals surface area contributed by atoms with E-state index in [0.717, 1.165) is 0 Å². The van der Waals surface area contributed by atoms with Crippen LogP contribution in [0.5, 0.6) is 5.75 Å². The predicted octanol–water partition coefficient (Wildman–Crippen LogP) is 2.79. The highest BCUT2D eigenvalue weighted by Crippen LogP contribution is 2.30. The summed E-state index contributed by atoms with van der Waals surface area (Å²) in [4.78, 5) is 21.7. The maximum atomic E-state index is 11.5. The zero-order valence-electron chi connectivity index (χ0n) is 8.20. The van der Waals surface area contributed by atoms with Crippen LogP contribution in [-0.2, 0) is 0 Å². The van der Waals surface area contributed by atoms with E-state index in [1.54, 1.807) is 0 Å². The van der Waals surface area contributed by atoms with Crippen molar-refractivity contribution in [3.05, 3.63) is 31.4 Å². The number of rotatable bonds is 4. The number of methoxy groups -OCH3 is 1. The quantitative estimate of drug-likeness (QED) is 0.256. The zero-order valence-corrected chi connectivity index (χ0v) is 11.9. The molecule has 16 heavy (non-hydrogen) atoms. The van der Waals surface area contributed by atoms with Gasteiger partial charge in [-0.15, -0.1) is 0 Å². The van der Waals surface area contributed by atoms with Gasteiger partial charge in [-0.2, -0.15) is 0 Å². The van der Waals surface area contributed by atoms with Crippen molar-refractivity contribution < 1.29 is 14.5 Å². The number of hydrogen-bond acceptors (Lipinski definition) is 4. The van der Waals surface area contributed by atoms with E-state index in [2.05, 4.69) is 15.9 Å². The number of hydrogen-bond donors (Lipinski definition) is 0. The summed E-state index contributed by atoms with van der Waals surface area (Å²) >= 11 is 4.90. The standard InChI is InChI=1S/C9H7BrINO4/c1-16-9-2-5(8(13)4-10)7(12(14)15)3-6(9)11/h2-3H,4H2,1H3. The number of nitro groups is 1. The van der Waals surface area contributed by atoms with Crippen LogP contribution in [0.15, 0.2) is 12.1 Å². The summed E-state index contributed by atoms with van der Waals surface area (Å²) in [7, 11) is 1.45. The molecular weight excluding hydrogens is 393 g/mol. The van der Waals surface area contributed by atoms with Crippen molar-refractivity contribution in [2.75, 3.05) is 12.4 Å². The molecule has 0 bridgehead atoms. The minimum absolute atomic E-state index is 0.0393. The summed E-state index contributed by atoms with van der Waals surface area (Å²) < 4.78 is 5.61. The van der Waals surface area contributed by atoms with E-state index < -0.39 is 4.92 Å². The monoisotopic (exact) mass is 399 g/mol. The molecule has 0 radical (unpaired) electrons. The third-order valence-corrected chi connectivity index (χ3v) is 3.24. The van der Waals surface area contributed by atoms with Crippen molar-refractivity contribution in [3.8, 4) is 5.75 Å². The Bertz CT molecular complexity index is 449. The van der Waals surface area contributed by atoms with Crippen molar-refractivity contribution >= 4 is 50.0 Å². The lowest BCUT2D eigenvalue weighted by molar-refractivity contribution is -0.385. The molecule has 0 fully saturated rings. The van der Waals surface area contributed by atoms with E-state index in [9.17, 15) is 14.9 Å². The first-order valence-electron chi connectivity index (χ1n) is 4.12. The van der Waals surface area contributed by atoms with Crippen LogP contribution in [-0.4, -0.2) is 23.1 Å². The molecule has 0 aliphatic rings. The molecule has 0 unspecified atom stereocenters. The first-order valence-corrected chi connectivity index (χ1v) is 6.32. The highest BCUT2D eigenvalue weighted by atomic mass is 127. The fourth-order valence-corrected chi connectivity index (χ4v) is 2.12. The molecule has 0 saturated carbocycles. The summed E-state index contributed by atoms with van der Waals surface area (Å²) in [6.45, 7) is 0. The van der Waals surface area contributed by atoms with Crippen LogP contribution in [0.25, 0.3) is 0 Å². The highest BCUT2D eigenvalue weighted by Gasteiger charge is 2.22. The number of nitrogens with zero attached hydrogens (tertiary/aromatic N) is 1. The fraction of sp³-hybridized carbons (Fsp3) is 0.222. The molecule has 1 aromatic carbocycles. The van der Waals surface area contributed by atoms with Crippen molar-refractivity contribution in [1.82, 2.24) is 0 Å². The number of Topliss-reactive ketones (excluding diaryl/α,β-unsaturated/α-hetero) is 1. The average molecular weight is 400 g/mol. The first-order chi connectivity index (χ1) is 7.51. The van der Waals surface area contributed by atoms with Gasteiger partial charge in [-0.25, -0.2) is 0 Å². The van der Waals surface area contributed by atoms with Crippen LogP contribution in [0.2, 0.25) is 0 Å². The molecule has 1 rings (SSSR count). The Hall–Kier alpha value is -0.700. The van der Waals surface area contributed by atoms with Crippen molar-refractivity contribution in [2.45, 2.75) is 0 Å². The second kappa shape index (κ2) is 5.58. The largest absolute Gasteiger partial charge is 0.496 e. The van der Waals surface area contributed by atoms with Gasteiger partial charge in [0, 0.05) is 6.07 Å². The maximum Gasteiger partial charge on any atom is 0.281 e. The molecule has 0 aliphatic heterocycles. The number of carbonyl (C=O) groups excluding carboxylic acids is 1. The lowest BCUT2D eigenvalue weighted by atomic mass is 10.1. The van der Waals surface area contributed by atoms with Crippen molar-refractivity contribution in [1.29, 1.82) is 0 Å². The Balaban J connectivity index is 3.42. The minimum Gasteiger partial charge on any atom is -0.496 e. The summed E-state index contributed by atoms with van der Waals surface area (Å²) in [5.41, 5.74) is -0.145. The summed E-state index contributed by atoms with van der Waals surface area (Å²) in [5, 5.41) is 10.8. The Kier molecular flexibility index (Phi) is 4.66. The van der Waals surface area contributed by atoms with Crippen LogP contribution in [0, 0.1) is 13.7 Å². The second-order valence-corrected chi connectivity index (χ2v) is 4.54. The van der Waals surface area contributed by atoms with Gasteiger partial charge in [0.05, 0.1) is 26.5 Å². The van der Waals surface area contributed by atoms with Gasteiger partial charge in [-0.3, -0.25) is 14.9 Å². The predicted molar refractivity (Wildman–Crippen MR) is 70.5 cm³/mol. The fourth-order valence-electron chi connectivity index (χ4n) is 1.15. The van der Waals surface area contributed by atoms with Gasteiger partial charge in [0.1, 0.15) is 5.75 Å². The van der Waals surface area contributed by atoms with Crippen LogP contribution in [0.1, 0.15) is 10.4 Å². The number of carbonyl (C=O) groups is 1. The van der Waals surface area contributed by atoms with Gasteiger partial charge in [0.2, 0.25) is 0 Å². The number of benzene rings is 1. The minimum atomic E-state index is -0.572. The van der Waals surface area contributed by atoms with E-state index in [-0.39, 0.29) is 22.4 Å². The van der Waals surface area contributed by atoms with E-state index in [1.807, 2.05) is 22.6 Å². The number of ether oxygens (including phenoxy) is 1. The lowest BCUT2D eigenvalue weighted by Crippen LogP contribution is -2.06. The summed E-state index contributed by atoms with van der Waals surface area (Å²) in [6.07, 6.45) is 0. The molecule has 0 spiro atoms. The van der Waals surface area contributed by atoms with Gasteiger partial charge >= 0.3 is 0 Å². The SMILES string of the molecule is COc1cc(C(=O)CBr)c([N+](=O)[O-])cc1I. The van der Waals surface area contributed by atoms with E-state index in [1.165, 1.54) is 19.2 Å². The van der Waals surface area contributed by atoms with Gasteiger partial charge < -0.3 is 4.74 Å². The van der Waals surface area contributed by atoms with Gasteiger partial charge in [-0.1, -0.05) is 15.9 Å². The summed E-state index contributed by atoms with van der Waals surface area (Å²) in [6, 6.07) is 2.72. The molecule has 0 aliphatic carbocycles. The molecule has 0 aromatic heterocycles. The normalized spacial score (nSPS) is 9.94. The van der Waals surface area contributed by atoms with Crippen LogP contribution in [0.4, 0.5) is 5.69 Å². The Labute approximate surface area is 114 Å². The highest BCUT2D eigenvalue weighted by molar-refractivity contribution is 14.1. The molecular formula is C9H7BrINO4. The number of alkyl halides is 1. The third-order valence-electron chi connectivity index (χ3n) is 1.89. The third kappa shape index (κ3) is 2.70. The average Bonchev–Trinajstić information content (AvgIpc) is 2.27. The molecule has 7 heteroatoms. The van der Waals surface area contributed by atoms with E-state index >= 15 is 0 Å². The number of ketones is 1. The first kappa shape index (κ1) is 13.4. The number of nitro benzene ring substituents is 1. The molecule has 1 aromatic rings. The van der Waals surface area contributed by atoms with E-state index in [0.29, 0.717) is 9.32 Å². The molecule has 0 saturated heterocycles. The lowest BCUT2D eigenvalue weighted by Gasteiger charge is -2.06. The van der Waals surface area contributed by atoms with Gasteiger partial charge in [0.25, 0.3) is 5.69 Å². The summed E-state index contributed by atoms with van der Waals surface area (Å²) in [5.74, 6) is 0.108. The molecule has 0 amide bonds. The molecule has 0 atom stereocenters. The topological polar surface area (TPSA) is 69.4 Å². The molecule has 0 heterocycles. The Morgan fingerprint density at radius 1 is 1.62 bits per heavy atom. The van der Waals surface area contributed by atoms with Crippen LogP contribution in [0.3, 0.4) is 0 Å². The molecule has 5 nitrogen and oxygen atoms in total. The maximum absolute atomic E-state index is 11.5. The smallest absolute Gasteiger partial charge is 0.281 e. The van der Waals surface area contributed by atoms with Crippen molar-refractivity contribution in [2.24, 2.45) is 0 Å². The van der Waals surface area contributed by atoms with Gasteiger partial charge in [0.15, 0.2) is 5.78 Å². The van der Waals surface area contributed by atoms with E-state index in [4.69, 9.17) is 4.74 Å². The Morgan fingerprint density at radius 3 is 2.69 bits per heavy atom. The second-order valence-electron chi connectivity index (χ2n) is 2.82. The Morgan fingerprint density at radius 2 is 2.25 bits per heavy atom. The number of halogens is 2. The van der Waals surface area contributed by atoms with Crippen LogP contribution < -0.4 is 4.74 Å². The molecule has 86 valence electrons. The molecule has 0 N–H and O–H groups in total. The van der Waals surface area contributed by atoms with Gasteiger partial charge in [-0.05, 0) is 28.7 Å². The van der Waals surface area contributed by atoms with Crippen LogP contribution >= 0.6 is 38.5 Å². The zero-order chi connectivity index (χ0) is 12.3.